The van der Waals surface area contributed by atoms with E-state index in [0.717, 1.165) is 18.3 Å². The van der Waals surface area contributed by atoms with Gasteiger partial charge in [0.05, 0.1) is 0 Å². The second kappa shape index (κ2) is 7.70. The van der Waals surface area contributed by atoms with Crippen LogP contribution in [0.15, 0.2) is 36.8 Å². The van der Waals surface area contributed by atoms with Crippen molar-refractivity contribution < 1.29 is 0 Å². The molecule has 23 heavy (non-hydrogen) atoms. The van der Waals surface area contributed by atoms with Gasteiger partial charge in [0.15, 0.2) is 5.82 Å². The molecule has 0 aromatic carbocycles. The summed E-state index contributed by atoms with van der Waals surface area (Å²) in [6.07, 6.45) is 9.33. The number of nitrogens with zero attached hydrogens (tertiary/aromatic N) is 4. The Labute approximate surface area is 138 Å². The van der Waals surface area contributed by atoms with Gasteiger partial charge in [-0.1, -0.05) is 19.4 Å². The Bertz CT molecular complexity index is 595. The molecule has 2 atom stereocenters. The summed E-state index contributed by atoms with van der Waals surface area (Å²) in [5.74, 6) is 1.66. The number of nitrogens with one attached hydrogen (secondary N) is 1. The summed E-state index contributed by atoms with van der Waals surface area (Å²) in [6.45, 7) is 5.50. The average molecular weight is 313 g/mol. The van der Waals surface area contributed by atoms with Crippen LogP contribution in [-0.4, -0.2) is 45.8 Å². The molecule has 2 aromatic rings. The Balaban J connectivity index is 1.68. The molecule has 1 saturated heterocycles. The van der Waals surface area contributed by atoms with E-state index in [-0.39, 0.29) is 0 Å². The first-order chi connectivity index (χ1) is 11.3. The van der Waals surface area contributed by atoms with Gasteiger partial charge >= 0.3 is 0 Å². The number of aromatic nitrogens is 3. The summed E-state index contributed by atoms with van der Waals surface area (Å²) in [5.41, 5.74) is 1.20. The van der Waals surface area contributed by atoms with Crippen LogP contribution in [0.3, 0.4) is 0 Å². The van der Waals surface area contributed by atoms with Crippen molar-refractivity contribution >= 4 is 0 Å². The molecule has 5 nitrogen and oxygen atoms in total. The van der Waals surface area contributed by atoms with Crippen molar-refractivity contribution in [2.45, 2.75) is 38.8 Å². The molecular weight excluding hydrogens is 286 g/mol. The summed E-state index contributed by atoms with van der Waals surface area (Å²) in [5, 5.41) is 8.10. The third kappa shape index (κ3) is 3.98. The summed E-state index contributed by atoms with van der Waals surface area (Å²) < 4.78 is 1.84. The average Bonchev–Trinajstić information content (AvgIpc) is 3.09. The molecule has 0 aliphatic carbocycles. The van der Waals surface area contributed by atoms with Gasteiger partial charge in [0.1, 0.15) is 0 Å². The normalized spacial score (nSPS) is 22.3. The van der Waals surface area contributed by atoms with Gasteiger partial charge in [0.2, 0.25) is 0 Å². The van der Waals surface area contributed by atoms with E-state index >= 15 is 0 Å². The molecule has 1 fully saturated rings. The molecule has 1 aliphatic heterocycles. The van der Waals surface area contributed by atoms with Gasteiger partial charge in [-0.25, -0.2) is 9.67 Å². The molecule has 0 radical (unpaired) electrons. The van der Waals surface area contributed by atoms with Crippen molar-refractivity contribution in [1.82, 2.24) is 25.0 Å². The highest BCUT2D eigenvalue weighted by atomic mass is 15.3. The molecule has 0 saturated carbocycles. The lowest BCUT2D eigenvalue weighted by Gasteiger charge is -2.37. The number of rotatable bonds is 6. The zero-order chi connectivity index (χ0) is 16.1. The Morgan fingerprint density at radius 3 is 3.00 bits per heavy atom. The Kier molecular flexibility index (Phi) is 5.41. The van der Waals surface area contributed by atoms with Crippen LogP contribution in [0.2, 0.25) is 0 Å². The molecule has 3 rings (SSSR count). The Morgan fingerprint density at radius 1 is 1.30 bits per heavy atom. The van der Waals surface area contributed by atoms with Gasteiger partial charge in [0, 0.05) is 43.3 Å². The second-order valence-electron chi connectivity index (χ2n) is 6.52. The highest BCUT2D eigenvalue weighted by Crippen LogP contribution is 2.21. The zero-order valence-corrected chi connectivity index (χ0v) is 14.2. The van der Waals surface area contributed by atoms with Crippen molar-refractivity contribution in [1.29, 1.82) is 0 Å². The van der Waals surface area contributed by atoms with Crippen LogP contribution in [0.4, 0.5) is 0 Å². The van der Waals surface area contributed by atoms with E-state index in [0.29, 0.717) is 6.04 Å². The summed E-state index contributed by atoms with van der Waals surface area (Å²) in [7, 11) is 2.23. The van der Waals surface area contributed by atoms with Crippen LogP contribution < -0.4 is 5.32 Å². The molecule has 0 amide bonds. The zero-order valence-electron chi connectivity index (χ0n) is 14.2. The number of hydrogen-bond acceptors (Lipinski definition) is 4. The Morgan fingerprint density at radius 2 is 2.22 bits per heavy atom. The van der Waals surface area contributed by atoms with Gasteiger partial charge in [-0.15, -0.1) is 0 Å². The minimum atomic E-state index is 0.594. The molecule has 3 heterocycles. The molecule has 1 N–H and O–H groups in total. The fourth-order valence-electron chi connectivity index (χ4n) is 3.56. The van der Waals surface area contributed by atoms with E-state index in [1.807, 2.05) is 29.2 Å². The van der Waals surface area contributed by atoms with Gasteiger partial charge in [-0.2, -0.15) is 5.10 Å². The van der Waals surface area contributed by atoms with Gasteiger partial charge < -0.3 is 10.2 Å². The number of hydrogen-bond donors (Lipinski definition) is 1. The van der Waals surface area contributed by atoms with E-state index in [9.17, 15) is 0 Å². The maximum absolute atomic E-state index is 4.50. The van der Waals surface area contributed by atoms with Crippen molar-refractivity contribution in [3.05, 3.63) is 42.4 Å². The summed E-state index contributed by atoms with van der Waals surface area (Å²) in [6, 6.07) is 6.67. The molecule has 0 spiro atoms. The van der Waals surface area contributed by atoms with Crippen LogP contribution in [0.1, 0.15) is 31.7 Å². The van der Waals surface area contributed by atoms with Crippen molar-refractivity contribution in [3.63, 3.8) is 0 Å². The molecule has 1 aliphatic rings. The topological polar surface area (TPSA) is 46.0 Å². The van der Waals surface area contributed by atoms with E-state index in [2.05, 4.69) is 40.3 Å². The Hall–Kier alpha value is -1.72. The van der Waals surface area contributed by atoms with E-state index in [4.69, 9.17) is 0 Å². The third-order valence-electron chi connectivity index (χ3n) is 4.74. The maximum atomic E-state index is 4.50. The van der Waals surface area contributed by atoms with E-state index in [1.165, 1.54) is 37.9 Å². The monoisotopic (exact) mass is 313 g/mol. The maximum Gasteiger partial charge on any atom is 0.157 e. The lowest BCUT2D eigenvalue weighted by atomic mass is 9.88. The first-order valence-electron chi connectivity index (χ1n) is 8.63. The van der Waals surface area contributed by atoms with E-state index < -0.39 is 0 Å². The first-order valence-corrected chi connectivity index (χ1v) is 8.63. The number of piperidine rings is 1. The van der Waals surface area contributed by atoms with Crippen LogP contribution in [-0.2, 0) is 6.54 Å². The largest absolute Gasteiger partial charge is 0.309 e. The minimum absolute atomic E-state index is 0.594. The summed E-state index contributed by atoms with van der Waals surface area (Å²) >= 11 is 0. The lowest BCUT2D eigenvalue weighted by molar-refractivity contribution is 0.155. The highest BCUT2D eigenvalue weighted by molar-refractivity contribution is 5.32. The molecule has 2 unspecified atom stereocenters. The molecular formula is C18H27N5. The fourth-order valence-corrected chi connectivity index (χ4v) is 3.56. The smallest absolute Gasteiger partial charge is 0.157 e. The highest BCUT2D eigenvalue weighted by Gasteiger charge is 2.26. The molecule has 5 heteroatoms. The fraction of sp³-hybridized carbons (Fsp3) is 0.556. The number of likely N-dealkylation sites (tertiary alicyclic amines) is 1. The number of pyridine rings is 1. The molecule has 0 bridgehead atoms. The van der Waals surface area contributed by atoms with Crippen LogP contribution >= 0.6 is 0 Å². The lowest BCUT2D eigenvalue weighted by Crippen LogP contribution is -2.47. The quantitative estimate of drug-likeness (QED) is 0.890. The SMILES string of the molecule is CCCC1CN(C)CCC1NCc1cccnc1-n1cccn1. The second-order valence-corrected chi connectivity index (χ2v) is 6.52. The van der Waals surface area contributed by atoms with E-state index in [1.54, 1.807) is 6.20 Å². The summed E-state index contributed by atoms with van der Waals surface area (Å²) in [4.78, 5) is 6.96. The van der Waals surface area contributed by atoms with Crippen molar-refractivity contribution in [2.75, 3.05) is 20.1 Å². The predicted octanol–water partition coefficient (Wildman–Crippen LogP) is 2.48. The van der Waals surface area contributed by atoms with Gasteiger partial charge in [-0.3, -0.25) is 0 Å². The standard InChI is InChI=1S/C18H27N5/c1-3-6-16-14-22(2)12-8-17(16)20-13-15-7-4-9-19-18(15)23-11-5-10-21-23/h4-5,7,9-11,16-17,20H,3,6,8,12-14H2,1-2H3. The van der Waals surface area contributed by atoms with Crippen LogP contribution in [0, 0.1) is 5.92 Å². The molecule has 124 valence electrons. The van der Waals surface area contributed by atoms with Gasteiger partial charge in [0.25, 0.3) is 0 Å². The van der Waals surface area contributed by atoms with Crippen molar-refractivity contribution in [3.8, 4) is 5.82 Å². The van der Waals surface area contributed by atoms with Gasteiger partial charge in [-0.05, 0) is 44.5 Å². The van der Waals surface area contributed by atoms with Crippen LogP contribution in [0.5, 0.6) is 0 Å². The van der Waals surface area contributed by atoms with Crippen LogP contribution in [0.25, 0.3) is 5.82 Å². The van der Waals surface area contributed by atoms with Crippen molar-refractivity contribution in [2.24, 2.45) is 5.92 Å². The third-order valence-corrected chi connectivity index (χ3v) is 4.74. The first kappa shape index (κ1) is 16.1. The minimum Gasteiger partial charge on any atom is -0.309 e. The predicted molar refractivity (Wildman–Crippen MR) is 92.5 cm³/mol. The molecule has 2 aromatic heterocycles.